The van der Waals surface area contributed by atoms with Crippen molar-refractivity contribution in [3.8, 4) is 11.5 Å². The van der Waals surface area contributed by atoms with Crippen LogP contribution in [0.4, 0.5) is 10.1 Å². The van der Waals surface area contributed by atoms with Gasteiger partial charge in [-0.05, 0) is 12.5 Å². The maximum absolute atomic E-state index is 13.4. The van der Waals surface area contributed by atoms with Gasteiger partial charge >= 0.3 is 0 Å². The van der Waals surface area contributed by atoms with E-state index in [4.69, 9.17) is 15.2 Å². The maximum Gasteiger partial charge on any atom is 0.167 e. The third-order valence-electron chi connectivity index (χ3n) is 2.86. The van der Waals surface area contributed by atoms with E-state index in [9.17, 15) is 4.39 Å². The van der Waals surface area contributed by atoms with Gasteiger partial charge in [0.1, 0.15) is 11.9 Å². The van der Waals surface area contributed by atoms with Crippen molar-refractivity contribution in [2.24, 2.45) is 0 Å². The minimum absolute atomic E-state index is 0.115. The molecule has 1 unspecified atom stereocenters. The lowest BCUT2D eigenvalue weighted by atomic mass is 10.1. The second kappa shape index (κ2) is 5.61. The fraction of sp³-hybridized carbons (Fsp3) is 0.200. The molecule has 0 saturated carbocycles. The molecule has 4 heteroatoms. The highest BCUT2D eigenvalue weighted by Gasteiger charge is 2.13. The van der Waals surface area contributed by atoms with Gasteiger partial charge in [-0.1, -0.05) is 30.3 Å². The Morgan fingerprint density at radius 1 is 1.11 bits per heavy atom. The first-order chi connectivity index (χ1) is 9.11. The zero-order valence-corrected chi connectivity index (χ0v) is 10.9. The topological polar surface area (TPSA) is 44.5 Å². The fourth-order valence-corrected chi connectivity index (χ4v) is 1.79. The van der Waals surface area contributed by atoms with Crippen LogP contribution in [-0.4, -0.2) is 7.11 Å². The average Bonchev–Trinajstić information content (AvgIpc) is 2.42. The predicted molar refractivity (Wildman–Crippen MR) is 72.8 cm³/mol. The van der Waals surface area contributed by atoms with Crippen molar-refractivity contribution in [3.63, 3.8) is 0 Å². The number of anilines is 1. The van der Waals surface area contributed by atoms with E-state index in [-0.39, 0.29) is 17.5 Å². The van der Waals surface area contributed by atoms with Gasteiger partial charge in [0.25, 0.3) is 0 Å². The molecule has 0 aromatic heterocycles. The number of nitrogen functional groups attached to an aromatic ring is 1. The highest BCUT2D eigenvalue weighted by Crippen LogP contribution is 2.32. The molecule has 19 heavy (non-hydrogen) atoms. The van der Waals surface area contributed by atoms with Crippen molar-refractivity contribution in [2.45, 2.75) is 13.0 Å². The summed E-state index contributed by atoms with van der Waals surface area (Å²) < 4.78 is 24.1. The Morgan fingerprint density at radius 2 is 1.79 bits per heavy atom. The Labute approximate surface area is 111 Å². The lowest BCUT2D eigenvalue weighted by Gasteiger charge is -2.17. The zero-order chi connectivity index (χ0) is 13.8. The molecule has 0 spiro atoms. The summed E-state index contributed by atoms with van der Waals surface area (Å²) in [6, 6.07) is 12.4. The number of hydrogen-bond acceptors (Lipinski definition) is 3. The molecule has 0 saturated heterocycles. The summed E-state index contributed by atoms with van der Waals surface area (Å²) >= 11 is 0. The molecule has 2 aromatic carbocycles. The summed E-state index contributed by atoms with van der Waals surface area (Å²) in [5.41, 5.74) is 7.02. The van der Waals surface area contributed by atoms with Crippen molar-refractivity contribution in [1.82, 2.24) is 0 Å². The Kier molecular flexibility index (Phi) is 3.90. The Hall–Kier alpha value is -2.23. The van der Waals surface area contributed by atoms with Crippen LogP contribution >= 0.6 is 0 Å². The molecular formula is C15H16FNO2. The molecule has 3 nitrogen and oxygen atoms in total. The van der Waals surface area contributed by atoms with Crippen LogP contribution in [-0.2, 0) is 0 Å². The predicted octanol–water partition coefficient (Wildman–Crippen LogP) is 3.56. The molecule has 0 aliphatic rings. The number of benzene rings is 2. The summed E-state index contributed by atoms with van der Waals surface area (Å²) in [5.74, 6) is 0.0266. The summed E-state index contributed by atoms with van der Waals surface area (Å²) in [4.78, 5) is 0. The van der Waals surface area contributed by atoms with Gasteiger partial charge in [-0.25, -0.2) is 4.39 Å². The number of hydrogen-bond donors (Lipinski definition) is 1. The quantitative estimate of drug-likeness (QED) is 0.856. The third-order valence-corrected chi connectivity index (χ3v) is 2.86. The molecule has 2 N–H and O–H groups in total. The lowest BCUT2D eigenvalue weighted by molar-refractivity contribution is 0.226. The van der Waals surface area contributed by atoms with Gasteiger partial charge in [0, 0.05) is 12.1 Å². The van der Waals surface area contributed by atoms with Crippen molar-refractivity contribution in [1.29, 1.82) is 0 Å². The second-order valence-corrected chi connectivity index (χ2v) is 4.20. The van der Waals surface area contributed by atoms with E-state index in [1.54, 1.807) is 0 Å². The minimum atomic E-state index is -0.500. The van der Waals surface area contributed by atoms with Crippen LogP contribution in [0.1, 0.15) is 18.6 Å². The Morgan fingerprint density at radius 3 is 2.42 bits per heavy atom. The van der Waals surface area contributed by atoms with Crippen LogP contribution in [0.15, 0.2) is 42.5 Å². The Balaban J connectivity index is 2.24. The van der Waals surface area contributed by atoms with E-state index in [1.165, 1.54) is 19.2 Å². The first-order valence-electron chi connectivity index (χ1n) is 5.96. The number of methoxy groups -OCH3 is 1. The lowest BCUT2D eigenvalue weighted by Crippen LogP contribution is -2.05. The standard InChI is InChI=1S/C15H16FNO2/c1-10(11-6-4-3-5-7-11)19-15-9-14(18-2)12(16)8-13(15)17/h3-10H,17H2,1-2H3. The van der Waals surface area contributed by atoms with E-state index in [0.717, 1.165) is 5.56 Å². The molecular weight excluding hydrogens is 245 g/mol. The van der Waals surface area contributed by atoms with Crippen LogP contribution in [0, 0.1) is 5.82 Å². The van der Waals surface area contributed by atoms with Crippen molar-refractivity contribution in [3.05, 3.63) is 53.8 Å². The van der Waals surface area contributed by atoms with Gasteiger partial charge in [0.15, 0.2) is 11.6 Å². The first kappa shape index (κ1) is 13.2. The third kappa shape index (κ3) is 2.96. The highest BCUT2D eigenvalue weighted by atomic mass is 19.1. The van der Waals surface area contributed by atoms with Crippen LogP contribution in [0.2, 0.25) is 0 Å². The van der Waals surface area contributed by atoms with Gasteiger partial charge < -0.3 is 15.2 Å². The highest BCUT2D eigenvalue weighted by molar-refractivity contribution is 5.56. The van der Waals surface area contributed by atoms with Crippen molar-refractivity contribution >= 4 is 5.69 Å². The van der Waals surface area contributed by atoms with Crippen LogP contribution < -0.4 is 15.2 Å². The molecule has 2 aromatic rings. The number of ether oxygens (including phenoxy) is 2. The van der Waals surface area contributed by atoms with Crippen LogP contribution in [0.3, 0.4) is 0 Å². The normalized spacial score (nSPS) is 11.9. The fourth-order valence-electron chi connectivity index (χ4n) is 1.79. The molecule has 0 fully saturated rings. The smallest absolute Gasteiger partial charge is 0.167 e. The molecule has 0 amide bonds. The van der Waals surface area contributed by atoms with Gasteiger partial charge in [-0.2, -0.15) is 0 Å². The van der Waals surface area contributed by atoms with E-state index < -0.39 is 5.82 Å². The Bertz CT molecular complexity index is 558. The zero-order valence-electron chi connectivity index (χ0n) is 10.9. The number of rotatable bonds is 4. The van der Waals surface area contributed by atoms with Gasteiger partial charge in [0.2, 0.25) is 0 Å². The van der Waals surface area contributed by atoms with E-state index >= 15 is 0 Å². The monoisotopic (exact) mass is 261 g/mol. The molecule has 1 atom stereocenters. The molecule has 100 valence electrons. The maximum atomic E-state index is 13.4. The molecule has 0 bridgehead atoms. The average molecular weight is 261 g/mol. The van der Waals surface area contributed by atoms with E-state index in [1.807, 2.05) is 37.3 Å². The number of halogens is 1. The van der Waals surface area contributed by atoms with Crippen LogP contribution in [0.5, 0.6) is 11.5 Å². The van der Waals surface area contributed by atoms with Gasteiger partial charge in [-0.15, -0.1) is 0 Å². The summed E-state index contributed by atoms with van der Waals surface area (Å²) in [5, 5.41) is 0. The molecule has 0 aliphatic carbocycles. The van der Waals surface area contributed by atoms with Crippen LogP contribution in [0.25, 0.3) is 0 Å². The minimum Gasteiger partial charge on any atom is -0.494 e. The van der Waals surface area contributed by atoms with E-state index in [0.29, 0.717) is 5.75 Å². The summed E-state index contributed by atoms with van der Waals surface area (Å²) in [6.07, 6.45) is -0.182. The SMILES string of the molecule is COc1cc(OC(C)c2ccccc2)c(N)cc1F. The second-order valence-electron chi connectivity index (χ2n) is 4.20. The molecule has 0 aliphatic heterocycles. The van der Waals surface area contributed by atoms with Crippen molar-refractivity contribution in [2.75, 3.05) is 12.8 Å². The summed E-state index contributed by atoms with van der Waals surface area (Å²) in [6.45, 7) is 1.91. The van der Waals surface area contributed by atoms with Crippen molar-refractivity contribution < 1.29 is 13.9 Å². The number of nitrogens with two attached hydrogens (primary N) is 1. The van der Waals surface area contributed by atoms with Gasteiger partial charge in [-0.3, -0.25) is 0 Å². The first-order valence-corrected chi connectivity index (χ1v) is 5.96. The van der Waals surface area contributed by atoms with Gasteiger partial charge in [0.05, 0.1) is 12.8 Å². The molecule has 0 heterocycles. The van der Waals surface area contributed by atoms with E-state index in [2.05, 4.69) is 0 Å². The largest absolute Gasteiger partial charge is 0.494 e. The molecule has 0 radical (unpaired) electrons. The molecule has 2 rings (SSSR count). The summed E-state index contributed by atoms with van der Waals surface area (Å²) in [7, 11) is 1.40.